The van der Waals surface area contributed by atoms with Crippen molar-refractivity contribution < 1.29 is 4.74 Å². The number of para-hydroxylation sites is 2. The lowest BCUT2D eigenvalue weighted by atomic mass is 9.70. The Morgan fingerprint density at radius 1 is 0.444 bits per heavy atom. The summed E-state index contributed by atoms with van der Waals surface area (Å²) >= 11 is 0. The van der Waals surface area contributed by atoms with Gasteiger partial charge in [0.25, 0.3) is 0 Å². The molecule has 0 aliphatic carbocycles. The summed E-state index contributed by atoms with van der Waals surface area (Å²) in [6, 6.07) is 69.3. The largest absolute Gasteiger partial charge is 0.451 e. The number of hydrogen-bond donors (Lipinski definition) is 0. The number of nitrogens with zero attached hydrogens (tertiary/aromatic N) is 2. The van der Waals surface area contributed by atoms with Crippen molar-refractivity contribution >= 4 is 34.1 Å². The minimum atomic E-state index is -0.269. The van der Waals surface area contributed by atoms with E-state index in [2.05, 4.69) is 218 Å². The summed E-state index contributed by atoms with van der Waals surface area (Å²) < 4.78 is 7.11. The third-order valence-electron chi connectivity index (χ3n) is 11.0. The first-order chi connectivity index (χ1) is 26.6. The van der Waals surface area contributed by atoms with E-state index < -0.39 is 0 Å². The molecule has 0 radical (unpaired) electrons. The summed E-state index contributed by atoms with van der Waals surface area (Å²) in [6.07, 6.45) is 0. The standard InChI is InChI=1S/C51H38N2O/c1-51(2)43-22-13-26-47-49(43)53(44-23-12-21-42(48(44)51)39-19-10-5-11-20-39)46-25-14-24-45(50(46)54-47)52(40-31-27-37(28-32-40)35-15-6-3-7-16-35)41-33-29-38(30-34-41)36-17-8-4-9-18-36/h3-34H,1-2H3. The topological polar surface area (TPSA) is 15.7 Å². The summed E-state index contributed by atoms with van der Waals surface area (Å²) in [6.45, 7) is 4.69. The summed E-state index contributed by atoms with van der Waals surface area (Å²) in [5, 5.41) is 0. The Morgan fingerprint density at radius 2 is 0.944 bits per heavy atom. The molecule has 3 heteroatoms. The maximum Gasteiger partial charge on any atom is 0.175 e. The SMILES string of the molecule is CC1(C)c2cccc3c2N(c2cccc(N(c4ccc(-c5ccccc5)cc4)c4ccc(-c5ccccc5)cc4)c2O3)c2cccc(-c3ccccc3)c21. The highest BCUT2D eigenvalue weighted by Gasteiger charge is 2.43. The molecule has 0 saturated heterocycles. The van der Waals surface area contributed by atoms with Crippen molar-refractivity contribution in [3.8, 4) is 44.9 Å². The van der Waals surface area contributed by atoms with Gasteiger partial charge < -0.3 is 14.5 Å². The fraction of sp³-hybridized carbons (Fsp3) is 0.0588. The second-order valence-electron chi connectivity index (χ2n) is 14.6. The molecule has 0 spiro atoms. The van der Waals surface area contributed by atoms with E-state index in [1.165, 1.54) is 50.2 Å². The van der Waals surface area contributed by atoms with Gasteiger partial charge in [-0.05, 0) is 93.0 Å². The Kier molecular flexibility index (Phi) is 7.48. The molecule has 0 N–H and O–H groups in total. The van der Waals surface area contributed by atoms with Crippen molar-refractivity contribution in [2.45, 2.75) is 19.3 Å². The van der Waals surface area contributed by atoms with Crippen molar-refractivity contribution in [1.82, 2.24) is 0 Å². The average Bonchev–Trinajstić information content (AvgIpc) is 3.24. The number of benzene rings is 8. The Balaban J connectivity index is 1.17. The zero-order valence-electron chi connectivity index (χ0n) is 30.3. The summed E-state index contributed by atoms with van der Waals surface area (Å²) in [5.41, 5.74) is 15.8. The fourth-order valence-electron chi connectivity index (χ4n) is 8.46. The first-order valence-corrected chi connectivity index (χ1v) is 18.6. The second-order valence-corrected chi connectivity index (χ2v) is 14.6. The normalized spacial score (nSPS) is 13.3. The highest BCUT2D eigenvalue weighted by Crippen LogP contribution is 2.63. The van der Waals surface area contributed by atoms with Gasteiger partial charge in [-0.3, -0.25) is 0 Å². The molecule has 0 amide bonds. The van der Waals surface area contributed by atoms with Crippen molar-refractivity contribution in [3.63, 3.8) is 0 Å². The molecule has 0 bridgehead atoms. The van der Waals surface area contributed by atoms with Crippen molar-refractivity contribution in [1.29, 1.82) is 0 Å². The van der Waals surface area contributed by atoms with Gasteiger partial charge in [0.05, 0.1) is 22.7 Å². The number of ether oxygens (including phenoxy) is 1. The Bertz CT molecular complexity index is 2550. The smallest absolute Gasteiger partial charge is 0.175 e. The lowest BCUT2D eigenvalue weighted by Gasteiger charge is -2.46. The molecule has 10 rings (SSSR count). The highest BCUT2D eigenvalue weighted by atomic mass is 16.5. The van der Waals surface area contributed by atoms with Gasteiger partial charge in [-0.25, -0.2) is 0 Å². The van der Waals surface area contributed by atoms with E-state index in [0.29, 0.717) is 0 Å². The zero-order valence-corrected chi connectivity index (χ0v) is 30.3. The van der Waals surface area contributed by atoms with E-state index in [1.54, 1.807) is 0 Å². The van der Waals surface area contributed by atoms with Crippen LogP contribution in [0.15, 0.2) is 194 Å². The predicted molar refractivity (Wildman–Crippen MR) is 224 cm³/mol. The second kappa shape index (κ2) is 12.7. The molecular weight excluding hydrogens is 657 g/mol. The van der Waals surface area contributed by atoms with Crippen LogP contribution in [-0.4, -0.2) is 0 Å². The lowest BCUT2D eigenvalue weighted by Crippen LogP contribution is -2.33. The van der Waals surface area contributed by atoms with Crippen molar-refractivity contribution in [2.75, 3.05) is 9.80 Å². The van der Waals surface area contributed by atoms with E-state index in [-0.39, 0.29) is 5.41 Å². The molecule has 2 aliphatic rings. The van der Waals surface area contributed by atoms with Gasteiger partial charge in [-0.1, -0.05) is 159 Å². The van der Waals surface area contributed by atoms with Gasteiger partial charge in [0, 0.05) is 16.8 Å². The Morgan fingerprint density at radius 3 is 1.54 bits per heavy atom. The maximum atomic E-state index is 7.11. The van der Waals surface area contributed by atoms with Crippen LogP contribution >= 0.6 is 0 Å². The van der Waals surface area contributed by atoms with Gasteiger partial charge >= 0.3 is 0 Å². The van der Waals surface area contributed by atoms with E-state index in [9.17, 15) is 0 Å². The van der Waals surface area contributed by atoms with Crippen molar-refractivity contribution in [3.05, 3.63) is 205 Å². The number of rotatable bonds is 6. The van der Waals surface area contributed by atoms with Crippen molar-refractivity contribution in [2.24, 2.45) is 0 Å². The van der Waals surface area contributed by atoms with Crippen LogP contribution in [0.2, 0.25) is 0 Å². The molecule has 8 aromatic rings. The van der Waals surface area contributed by atoms with E-state index in [1.807, 2.05) is 0 Å². The van der Waals surface area contributed by atoms with Gasteiger partial charge in [0.15, 0.2) is 11.5 Å². The first-order valence-electron chi connectivity index (χ1n) is 18.6. The predicted octanol–water partition coefficient (Wildman–Crippen LogP) is 14.4. The van der Waals surface area contributed by atoms with Crippen LogP contribution in [0, 0.1) is 0 Å². The molecule has 2 aliphatic heterocycles. The van der Waals surface area contributed by atoms with Gasteiger partial charge in [-0.2, -0.15) is 0 Å². The molecular formula is C51H38N2O. The zero-order chi connectivity index (χ0) is 36.2. The monoisotopic (exact) mass is 694 g/mol. The van der Waals surface area contributed by atoms with Crippen LogP contribution < -0.4 is 14.5 Å². The van der Waals surface area contributed by atoms with Crippen LogP contribution in [0.3, 0.4) is 0 Å². The Labute approximate surface area is 317 Å². The molecule has 0 aromatic heterocycles. The summed E-state index contributed by atoms with van der Waals surface area (Å²) in [4.78, 5) is 4.77. The van der Waals surface area contributed by atoms with Gasteiger partial charge in [0.2, 0.25) is 0 Å². The van der Waals surface area contributed by atoms with E-state index >= 15 is 0 Å². The third-order valence-corrected chi connectivity index (χ3v) is 11.0. The number of fused-ring (bicyclic) bond motifs is 4. The molecule has 0 unspecified atom stereocenters. The molecule has 0 atom stereocenters. The molecule has 0 fully saturated rings. The van der Waals surface area contributed by atoms with Gasteiger partial charge in [0.1, 0.15) is 0 Å². The minimum Gasteiger partial charge on any atom is -0.451 e. The lowest BCUT2D eigenvalue weighted by molar-refractivity contribution is 0.472. The third kappa shape index (κ3) is 5.12. The van der Waals surface area contributed by atoms with Crippen LogP contribution in [-0.2, 0) is 5.41 Å². The highest BCUT2D eigenvalue weighted by molar-refractivity contribution is 5.99. The number of anilines is 6. The van der Waals surface area contributed by atoms with E-state index in [0.717, 1.165) is 39.9 Å². The maximum absolute atomic E-state index is 7.11. The van der Waals surface area contributed by atoms with Crippen LogP contribution in [0.5, 0.6) is 11.5 Å². The Hall–Kier alpha value is -6.84. The van der Waals surface area contributed by atoms with Gasteiger partial charge in [-0.15, -0.1) is 0 Å². The molecule has 54 heavy (non-hydrogen) atoms. The fourth-order valence-corrected chi connectivity index (χ4v) is 8.46. The molecule has 0 saturated carbocycles. The molecule has 3 nitrogen and oxygen atoms in total. The van der Waals surface area contributed by atoms with Crippen LogP contribution in [0.1, 0.15) is 25.0 Å². The summed E-state index contributed by atoms with van der Waals surface area (Å²) in [7, 11) is 0. The summed E-state index contributed by atoms with van der Waals surface area (Å²) in [5.74, 6) is 1.67. The van der Waals surface area contributed by atoms with E-state index in [4.69, 9.17) is 4.74 Å². The molecule has 258 valence electrons. The minimum absolute atomic E-state index is 0.269. The average molecular weight is 695 g/mol. The molecule has 2 heterocycles. The van der Waals surface area contributed by atoms with Crippen LogP contribution in [0.25, 0.3) is 33.4 Å². The quantitative estimate of drug-likeness (QED) is 0.172. The first kappa shape index (κ1) is 31.9. The van der Waals surface area contributed by atoms with Crippen LogP contribution in [0.4, 0.5) is 34.1 Å². The molecule has 8 aromatic carbocycles. The number of hydrogen-bond acceptors (Lipinski definition) is 3.